The van der Waals surface area contributed by atoms with Crippen molar-refractivity contribution < 1.29 is 5.11 Å². The Bertz CT molecular complexity index is 419. The molecule has 2 N–H and O–H groups in total. The van der Waals surface area contributed by atoms with Crippen molar-refractivity contribution in [3.05, 3.63) is 16.7 Å². The number of nitrogens with zero attached hydrogens (tertiary/aromatic N) is 1. The van der Waals surface area contributed by atoms with E-state index in [0.29, 0.717) is 11.5 Å². The molecule has 1 heterocycles. The summed E-state index contributed by atoms with van der Waals surface area (Å²) in [5, 5.41) is 9.31. The molecule has 1 aliphatic carbocycles. The van der Waals surface area contributed by atoms with E-state index in [1.165, 1.54) is 19.3 Å². The maximum absolute atomic E-state index is 9.31. The predicted octanol–water partition coefficient (Wildman–Crippen LogP) is 3.18. The van der Waals surface area contributed by atoms with Crippen molar-refractivity contribution in [1.29, 1.82) is 0 Å². The number of H-pyrrole nitrogens is 1. The number of aliphatic hydroxyl groups excluding tert-OH is 1. The Morgan fingerprint density at radius 1 is 1.62 bits per heavy atom. The van der Waals surface area contributed by atoms with E-state index < -0.39 is 0 Å². The normalized spacial score (nSPS) is 24.6. The number of hydrogen-bond acceptors (Lipinski definition) is 2. The van der Waals surface area contributed by atoms with Crippen LogP contribution in [0, 0.1) is 10.2 Å². The van der Waals surface area contributed by atoms with Crippen LogP contribution in [0.3, 0.4) is 0 Å². The average Bonchev–Trinajstić information content (AvgIpc) is 2.58. The third-order valence-corrected chi connectivity index (χ3v) is 3.91. The van der Waals surface area contributed by atoms with E-state index in [1.807, 2.05) is 6.20 Å². The summed E-state index contributed by atoms with van der Waals surface area (Å²) < 4.78 is 2.85. The van der Waals surface area contributed by atoms with Crippen molar-refractivity contribution in [3.8, 4) is 0 Å². The molecule has 1 fully saturated rings. The molecule has 0 saturated heterocycles. The topological polar surface area (TPSA) is 41.0 Å². The number of aromatic amines is 1. The maximum atomic E-state index is 9.31. The summed E-state index contributed by atoms with van der Waals surface area (Å²) >= 11 is 5.29. The molecule has 90 valence electrons. The highest BCUT2D eigenvalue weighted by Gasteiger charge is 2.29. The average molecular weight is 240 g/mol. The van der Waals surface area contributed by atoms with E-state index >= 15 is 0 Å². The molecule has 0 aromatic carbocycles. The van der Waals surface area contributed by atoms with Gasteiger partial charge in [-0.2, -0.15) is 0 Å². The van der Waals surface area contributed by atoms with Gasteiger partial charge in [-0.3, -0.25) is 0 Å². The van der Waals surface area contributed by atoms with Crippen LogP contribution < -0.4 is 0 Å². The van der Waals surface area contributed by atoms with Crippen LogP contribution in [-0.2, 0) is 6.61 Å². The number of nitrogens with one attached hydrogen (secondary N) is 1. The number of rotatable bonds is 2. The molecule has 4 heteroatoms. The molecule has 0 radical (unpaired) electrons. The number of aliphatic hydroxyl groups is 1. The summed E-state index contributed by atoms with van der Waals surface area (Å²) in [6, 6.07) is 0.449. The minimum absolute atomic E-state index is 0.0596. The zero-order valence-electron chi connectivity index (χ0n) is 9.99. The highest BCUT2D eigenvalue weighted by Crippen LogP contribution is 2.41. The lowest BCUT2D eigenvalue weighted by Crippen LogP contribution is -2.26. The van der Waals surface area contributed by atoms with Crippen LogP contribution in [0.25, 0.3) is 0 Å². The molecule has 0 amide bonds. The van der Waals surface area contributed by atoms with Gasteiger partial charge < -0.3 is 14.7 Å². The van der Waals surface area contributed by atoms with Crippen LogP contribution in [0.2, 0.25) is 0 Å². The second-order valence-electron chi connectivity index (χ2n) is 5.53. The first kappa shape index (κ1) is 11.9. The van der Waals surface area contributed by atoms with Crippen molar-refractivity contribution in [2.75, 3.05) is 0 Å². The fraction of sp³-hybridized carbons (Fsp3) is 0.750. The Hall–Kier alpha value is -0.610. The lowest BCUT2D eigenvalue weighted by atomic mass is 9.75. The zero-order chi connectivity index (χ0) is 11.8. The van der Waals surface area contributed by atoms with Gasteiger partial charge in [0.2, 0.25) is 0 Å². The molecule has 2 rings (SSSR count). The Labute approximate surface area is 102 Å². The first-order chi connectivity index (χ1) is 7.53. The first-order valence-corrected chi connectivity index (χ1v) is 6.34. The van der Waals surface area contributed by atoms with Gasteiger partial charge in [0.1, 0.15) is 0 Å². The van der Waals surface area contributed by atoms with E-state index in [-0.39, 0.29) is 6.61 Å². The van der Waals surface area contributed by atoms with Crippen LogP contribution in [0.1, 0.15) is 51.3 Å². The Morgan fingerprint density at radius 2 is 2.38 bits per heavy atom. The van der Waals surface area contributed by atoms with Crippen molar-refractivity contribution in [2.24, 2.45) is 5.41 Å². The summed E-state index contributed by atoms with van der Waals surface area (Å²) in [5.41, 5.74) is 1.30. The van der Waals surface area contributed by atoms with Gasteiger partial charge >= 0.3 is 0 Å². The number of aromatic nitrogens is 2. The Morgan fingerprint density at radius 3 is 3.00 bits per heavy atom. The second-order valence-corrected chi connectivity index (χ2v) is 5.91. The molecule has 1 aliphatic rings. The molecule has 3 nitrogen and oxygen atoms in total. The van der Waals surface area contributed by atoms with Gasteiger partial charge in [0.25, 0.3) is 0 Å². The minimum atomic E-state index is 0.0596. The Kier molecular flexibility index (Phi) is 3.22. The monoisotopic (exact) mass is 240 g/mol. The lowest BCUT2D eigenvalue weighted by Gasteiger charge is -2.36. The summed E-state index contributed by atoms with van der Waals surface area (Å²) in [5.74, 6) is 0. The van der Waals surface area contributed by atoms with Gasteiger partial charge in [-0.1, -0.05) is 20.3 Å². The van der Waals surface area contributed by atoms with Crippen molar-refractivity contribution in [3.63, 3.8) is 0 Å². The summed E-state index contributed by atoms with van der Waals surface area (Å²) in [4.78, 5) is 3.03. The smallest absolute Gasteiger partial charge is 0.177 e. The standard InChI is InChI=1S/C12H20N2OS/c1-12(2)5-3-4-9(6-12)14-10(8-15)7-13-11(14)16/h7,9,15H,3-6,8H2,1-2H3,(H,13,16). The maximum Gasteiger partial charge on any atom is 0.177 e. The molecular formula is C12H20N2OS. The van der Waals surface area contributed by atoms with Gasteiger partial charge in [-0.15, -0.1) is 0 Å². The fourth-order valence-corrected chi connectivity index (χ4v) is 3.14. The van der Waals surface area contributed by atoms with Gasteiger partial charge in [-0.05, 0) is 36.9 Å². The molecule has 0 bridgehead atoms. The van der Waals surface area contributed by atoms with Crippen molar-refractivity contribution in [2.45, 2.75) is 52.2 Å². The number of hydrogen-bond donors (Lipinski definition) is 2. The highest BCUT2D eigenvalue weighted by molar-refractivity contribution is 7.71. The predicted molar refractivity (Wildman–Crippen MR) is 66.8 cm³/mol. The summed E-state index contributed by atoms with van der Waals surface area (Å²) in [7, 11) is 0. The molecule has 16 heavy (non-hydrogen) atoms. The Balaban J connectivity index is 2.29. The van der Waals surface area contributed by atoms with Gasteiger partial charge in [0.05, 0.1) is 12.3 Å². The van der Waals surface area contributed by atoms with Crippen LogP contribution in [0.15, 0.2) is 6.20 Å². The van der Waals surface area contributed by atoms with Crippen LogP contribution in [0.5, 0.6) is 0 Å². The molecule has 1 aromatic heterocycles. The molecule has 0 spiro atoms. The van der Waals surface area contributed by atoms with Crippen LogP contribution in [0.4, 0.5) is 0 Å². The SMILES string of the molecule is CC1(C)CCCC(n2c(CO)c[nH]c2=S)C1. The minimum Gasteiger partial charge on any atom is -0.390 e. The third kappa shape index (κ3) is 2.23. The zero-order valence-corrected chi connectivity index (χ0v) is 10.8. The van der Waals surface area contributed by atoms with E-state index in [1.54, 1.807) is 0 Å². The highest BCUT2D eigenvalue weighted by atomic mass is 32.1. The van der Waals surface area contributed by atoms with E-state index in [2.05, 4.69) is 23.4 Å². The first-order valence-electron chi connectivity index (χ1n) is 5.93. The third-order valence-electron chi connectivity index (χ3n) is 3.60. The quantitative estimate of drug-likeness (QED) is 0.780. The molecule has 1 saturated carbocycles. The van der Waals surface area contributed by atoms with Crippen molar-refractivity contribution >= 4 is 12.2 Å². The molecule has 1 aromatic rings. The second kappa shape index (κ2) is 4.34. The molecule has 0 aliphatic heterocycles. The van der Waals surface area contributed by atoms with E-state index in [4.69, 9.17) is 12.2 Å². The molecule has 1 unspecified atom stereocenters. The van der Waals surface area contributed by atoms with Crippen LogP contribution >= 0.6 is 12.2 Å². The van der Waals surface area contributed by atoms with Crippen molar-refractivity contribution in [1.82, 2.24) is 9.55 Å². The van der Waals surface area contributed by atoms with Gasteiger partial charge in [-0.25, -0.2) is 0 Å². The largest absolute Gasteiger partial charge is 0.390 e. The summed E-state index contributed by atoms with van der Waals surface area (Å²) in [6.45, 7) is 4.69. The van der Waals surface area contributed by atoms with Gasteiger partial charge in [0.15, 0.2) is 4.77 Å². The van der Waals surface area contributed by atoms with E-state index in [9.17, 15) is 5.11 Å². The van der Waals surface area contributed by atoms with Gasteiger partial charge in [0, 0.05) is 12.2 Å². The lowest BCUT2D eigenvalue weighted by molar-refractivity contribution is 0.173. The van der Waals surface area contributed by atoms with Crippen LogP contribution in [-0.4, -0.2) is 14.7 Å². The molecule has 1 atom stereocenters. The fourth-order valence-electron chi connectivity index (χ4n) is 2.82. The summed E-state index contributed by atoms with van der Waals surface area (Å²) in [6.07, 6.45) is 6.67. The van der Waals surface area contributed by atoms with E-state index in [0.717, 1.165) is 16.9 Å². The number of imidazole rings is 1. The molecular weight excluding hydrogens is 220 g/mol.